The molecule has 5 nitrogen and oxygen atoms in total. The van der Waals surface area contributed by atoms with Crippen molar-refractivity contribution < 1.29 is 19.2 Å². The van der Waals surface area contributed by atoms with Crippen molar-refractivity contribution in [1.82, 2.24) is 5.48 Å². The van der Waals surface area contributed by atoms with Crippen LogP contribution in [0, 0.1) is 0 Å². The van der Waals surface area contributed by atoms with E-state index in [0.717, 1.165) is 0 Å². The van der Waals surface area contributed by atoms with Crippen molar-refractivity contribution in [2.75, 3.05) is 6.61 Å². The zero-order valence-electron chi connectivity index (χ0n) is 7.75. The highest BCUT2D eigenvalue weighted by Gasteiger charge is 2.06. The minimum Gasteiger partial charge on any atom is -0.447 e. The van der Waals surface area contributed by atoms with Crippen LogP contribution < -0.4 is 5.48 Å². The van der Waals surface area contributed by atoms with E-state index in [1.807, 2.05) is 12.4 Å². The largest absolute Gasteiger partial charge is 0.447 e. The summed E-state index contributed by atoms with van der Waals surface area (Å²) in [6.07, 6.45) is -0.0709. The van der Waals surface area contributed by atoms with Gasteiger partial charge in [-0.05, 0) is 13.3 Å². The van der Waals surface area contributed by atoms with E-state index in [1.165, 1.54) is 6.92 Å². The van der Waals surface area contributed by atoms with Gasteiger partial charge in [0.05, 0.1) is 6.61 Å². The summed E-state index contributed by atoms with van der Waals surface area (Å²) >= 11 is 0. The molecule has 0 atom stereocenters. The third-order valence-electron chi connectivity index (χ3n) is 1.01. The van der Waals surface area contributed by atoms with E-state index < -0.39 is 12.1 Å². The number of ether oxygens (including phenoxy) is 1. The normalized spacial score (nSPS) is 8.77. The van der Waals surface area contributed by atoms with Gasteiger partial charge in [-0.25, -0.2) is 9.59 Å². The molecule has 0 aromatic carbocycles. The zero-order valence-corrected chi connectivity index (χ0v) is 7.75. The second-order valence-electron chi connectivity index (χ2n) is 2.41. The number of rotatable bonds is 3. The topological polar surface area (TPSA) is 64.6 Å². The van der Waals surface area contributed by atoms with E-state index in [1.54, 1.807) is 0 Å². The molecule has 0 saturated carbocycles. The Labute approximate surface area is 76.7 Å². The molecular weight excluding hydrogens is 174 g/mol. The van der Waals surface area contributed by atoms with E-state index >= 15 is 0 Å². The second kappa shape index (κ2) is 6.05. The van der Waals surface area contributed by atoms with Crippen LogP contribution in [-0.2, 0) is 14.4 Å². The van der Waals surface area contributed by atoms with Gasteiger partial charge in [0.2, 0.25) is 0 Å². The molecule has 0 aromatic heterocycles. The molecule has 0 saturated heterocycles. The van der Waals surface area contributed by atoms with Crippen molar-refractivity contribution in [3.63, 3.8) is 0 Å². The molecule has 1 N–H and O–H groups in total. The molecule has 13 heavy (non-hydrogen) atoms. The van der Waals surface area contributed by atoms with Crippen molar-refractivity contribution in [1.29, 1.82) is 0 Å². The van der Waals surface area contributed by atoms with E-state index in [9.17, 15) is 9.59 Å². The summed E-state index contributed by atoms with van der Waals surface area (Å²) in [5.74, 6) is -0.687. The maximum absolute atomic E-state index is 10.7. The van der Waals surface area contributed by atoms with Gasteiger partial charge in [0.15, 0.2) is 0 Å². The lowest BCUT2D eigenvalue weighted by Crippen LogP contribution is -2.28. The van der Waals surface area contributed by atoms with Crippen LogP contribution >= 0.6 is 0 Å². The average molecular weight is 187 g/mol. The van der Waals surface area contributed by atoms with E-state index in [4.69, 9.17) is 0 Å². The van der Waals surface area contributed by atoms with E-state index in [2.05, 4.69) is 16.2 Å². The molecule has 74 valence electrons. The Morgan fingerprint density at radius 3 is 2.54 bits per heavy atom. The summed E-state index contributed by atoms with van der Waals surface area (Å²) in [4.78, 5) is 25.7. The van der Waals surface area contributed by atoms with Gasteiger partial charge in [-0.15, -0.1) is 5.48 Å². The summed E-state index contributed by atoms with van der Waals surface area (Å²) < 4.78 is 4.56. The highest BCUT2D eigenvalue weighted by Crippen LogP contribution is 1.89. The predicted molar refractivity (Wildman–Crippen MR) is 45.7 cm³/mol. The lowest BCUT2D eigenvalue weighted by atomic mass is 10.4. The summed E-state index contributed by atoms with van der Waals surface area (Å²) in [6, 6.07) is 0. The maximum Gasteiger partial charge on any atom is 0.440 e. The first kappa shape index (κ1) is 11.5. The van der Waals surface area contributed by atoms with Crippen molar-refractivity contribution in [2.45, 2.75) is 20.3 Å². The van der Waals surface area contributed by atoms with Crippen molar-refractivity contribution >= 4 is 12.1 Å². The van der Waals surface area contributed by atoms with Crippen molar-refractivity contribution in [2.24, 2.45) is 0 Å². The minimum atomic E-state index is -0.781. The standard InChI is InChI=1S/C8H13NO4/c1-4-5-12-8(11)9-13-7(10)6(2)3/h2,4-5H2,1,3H3,(H,9,11). The van der Waals surface area contributed by atoms with E-state index in [0.29, 0.717) is 6.42 Å². The van der Waals surface area contributed by atoms with Crippen LogP contribution in [-0.4, -0.2) is 18.7 Å². The fourth-order valence-corrected chi connectivity index (χ4v) is 0.399. The van der Waals surface area contributed by atoms with Gasteiger partial charge in [0.1, 0.15) is 0 Å². The fraction of sp³-hybridized carbons (Fsp3) is 0.500. The SMILES string of the molecule is C=C(C)C(=O)ONC(=O)OCCC. The van der Waals surface area contributed by atoms with Gasteiger partial charge in [-0.3, -0.25) is 0 Å². The fourth-order valence-electron chi connectivity index (χ4n) is 0.399. The molecule has 1 amide bonds. The number of carbonyl (C=O) groups excluding carboxylic acids is 2. The first-order valence-electron chi connectivity index (χ1n) is 3.87. The van der Waals surface area contributed by atoms with Crippen LogP contribution in [0.2, 0.25) is 0 Å². The molecule has 0 bridgehead atoms. The molecular formula is C8H13NO4. The third kappa shape index (κ3) is 5.72. The number of hydrogen-bond acceptors (Lipinski definition) is 4. The lowest BCUT2D eigenvalue weighted by molar-refractivity contribution is -0.144. The first-order chi connectivity index (χ1) is 6.07. The maximum atomic E-state index is 10.7. The Morgan fingerprint density at radius 2 is 2.08 bits per heavy atom. The van der Waals surface area contributed by atoms with Gasteiger partial charge in [0, 0.05) is 5.57 Å². The van der Waals surface area contributed by atoms with Gasteiger partial charge in [0.25, 0.3) is 0 Å². The van der Waals surface area contributed by atoms with Crippen LogP contribution in [0.25, 0.3) is 0 Å². The second-order valence-corrected chi connectivity index (χ2v) is 2.41. The van der Waals surface area contributed by atoms with Gasteiger partial charge < -0.3 is 9.57 Å². The highest BCUT2D eigenvalue weighted by molar-refractivity contribution is 5.87. The highest BCUT2D eigenvalue weighted by atomic mass is 16.7. The average Bonchev–Trinajstić information content (AvgIpc) is 2.10. The lowest BCUT2D eigenvalue weighted by Gasteiger charge is -2.05. The summed E-state index contributed by atoms with van der Waals surface area (Å²) in [5, 5.41) is 0. The molecule has 0 aromatic rings. The molecule has 0 aliphatic rings. The minimum absolute atomic E-state index is 0.204. The van der Waals surface area contributed by atoms with Crippen molar-refractivity contribution in [3.8, 4) is 0 Å². The summed E-state index contributed by atoms with van der Waals surface area (Å²) in [5.41, 5.74) is 2.03. The van der Waals surface area contributed by atoms with Crippen LogP contribution in [0.15, 0.2) is 12.2 Å². The number of amides is 1. The zero-order chi connectivity index (χ0) is 10.3. The molecule has 0 rings (SSSR count). The van der Waals surface area contributed by atoms with Crippen LogP contribution in [0.1, 0.15) is 20.3 Å². The number of hydrogen-bond donors (Lipinski definition) is 1. The predicted octanol–water partition coefficient (Wildman–Crippen LogP) is 1.16. The summed E-state index contributed by atoms with van der Waals surface area (Å²) in [6.45, 7) is 6.94. The Balaban J connectivity index is 3.58. The third-order valence-corrected chi connectivity index (χ3v) is 1.01. The Morgan fingerprint density at radius 1 is 1.46 bits per heavy atom. The van der Waals surface area contributed by atoms with Crippen LogP contribution in [0.3, 0.4) is 0 Å². The smallest absolute Gasteiger partial charge is 0.440 e. The molecule has 0 radical (unpaired) electrons. The molecule has 0 unspecified atom stereocenters. The number of hydroxylamine groups is 1. The molecule has 0 fully saturated rings. The van der Waals surface area contributed by atoms with Gasteiger partial charge in [-0.1, -0.05) is 13.5 Å². The number of carbonyl (C=O) groups is 2. The van der Waals surface area contributed by atoms with E-state index in [-0.39, 0.29) is 12.2 Å². The molecule has 0 heterocycles. The van der Waals surface area contributed by atoms with Crippen molar-refractivity contribution in [3.05, 3.63) is 12.2 Å². The molecule has 0 aliphatic carbocycles. The molecule has 5 heteroatoms. The van der Waals surface area contributed by atoms with Crippen LogP contribution in [0.5, 0.6) is 0 Å². The Hall–Kier alpha value is -1.52. The quantitative estimate of drug-likeness (QED) is 0.531. The monoisotopic (exact) mass is 187 g/mol. The number of nitrogens with one attached hydrogen (secondary N) is 1. The Kier molecular flexibility index (Phi) is 5.34. The van der Waals surface area contributed by atoms with Gasteiger partial charge in [-0.2, -0.15) is 0 Å². The van der Waals surface area contributed by atoms with Gasteiger partial charge >= 0.3 is 12.1 Å². The Bertz CT molecular complexity index is 212. The molecule has 0 aliphatic heterocycles. The molecule has 0 spiro atoms. The van der Waals surface area contributed by atoms with Crippen LogP contribution in [0.4, 0.5) is 4.79 Å². The first-order valence-corrected chi connectivity index (χ1v) is 3.87. The summed E-state index contributed by atoms with van der Waals surface area (Å²) in [7, 11) is 0.